The molecule has 106 valence electrons. The number of carboxylic acids is 1. The summed E-state index contributed by atoms with van der Waals surface area (Å²) in [5, 5.41) is 9.57. The van der Waals surface area contributed by atoms with Gasteiger partial charge in [-0.15, -0.1) is 0 Å². The fraction of sp³-hybridized carbons (Fsp3) is 0.692. The maximum absolute atomic E-state index is 10.6. The van der Waals surface area contributed by atoms with E-state index in [1.54, 1.807) is 6.20 Å². The van der Waals surface area contributed by atoms with Gasteiger partial charge >= 0.3 is 5.97 Å². The van der Waals surface area contributed by atoms with Gasteiger partial charge in [0.25, 0.3) is 0 Å². The summed E-state index contributed by atoms with van der Waals surface area (Å²) in [5.74, 6) is -0.719. The zero-order valence-corrected chi connectivity index (χ0v) is 12.1. The van der Waals surface area contributed by atoms with Crippen LogP contribution >= 0.6 is 11.8 Å². The van der Waals surface area contributed by atoms with Gasteiger partial charge in [-0.25, -0.2) is 4.98 Å². The lowest BCUT2D eigenvalue weighted by atomic mass is 10.0. The van der Waals surface area contributed by atoms with Crippen LogP contribution in [0.5, 0.6) is 0 Å². The zero-order chi connectivity index (χ0) is 13.7. The van der Waals surface area contributed by atoms with E-state index in [1.807, 2.05) is 6.20 Å². The number of carboxylic acid groups (broad SMARTS) is 1. The molecule has 1 fully saturated rings. The molecule has 0 bridgehead atoms. The number of carbonyl (C=O) groups is 1. The zero-order valence-electron chi connectivity index (χ0n) is 11.3. The highest BCUT2D eigenvalue weighted by Gasteiger charge is 2.21. The number of aliphatic carboxylic acids is 1. The molecule has 0 aromatic carbocycles. The summed E-state index contributed by atoms with van der Waals surface area (Å²) >= 11 is 1.31. The molecule has 2 rings (SSSR count). The first-order valence-corrected chi connectivity index (χ1v) is 7.79. The van der Waals surface area contributed by atoms with Crippen LogP contribution in [0.25, 0.3) is 0 Å². The smallest absolute Gasteiger partial charge is 0.313 e. The van der Waals surface area contributed by atoms with Crippen molar-refractivity contribution in [2.45, 2.75) is 37.4 Å². The first-order valence-electron chi connectivity index (χ1n) is 6.80. The predicted octanol–water partition coefficient (Wildman–Crippen LogP) is 2.11. The highest BCUT2D eigenvalue weighted by Crippen LogP contribution is 2.27. The van der Waals surface area contributed by atoms with Gasteiger partial charge in [-0.3, -0.25) is 4.79 Å². The van der Waals surface area contributed by atoms with E-state index in [-0.39, 0.29) is 5.75 Å². The number of thioether (sulfide) groups is 1. The van der Waals surface area contributed by atoms with Crippen molar-refractivity contribution in [1.82, 2.24) is 14.5 Å². The molecule has 1 aromatic heterocycles. The Balaban J connectivity index is 1.92. The minimum absolute atomic E-state index is 0.0751. The fourth-order valence-electron chi connectivity index (χ4n) is 2.55. The van der Waals surface area contributed by atoms with Gasteiger partial charge in [0.05, 0.1) is 5.75 Å². The third-order valence-electron chi connectivity index (χ3n) is 3.45. The van der Waals surface area contributed by atoms with Gasteiger partial charge in [-0.1, -0.05) is 18.7 Å². The van der Waals surface area contributed by atoms with E-state index in [1.165, 1.54) is 24.7 Å². The van der Waals surface area contributed by atoms with Gasteiger partial charge in [0.15, 0.2) is 5.16 Å². The summed E-state index contributed by atoms with van der Waals surface area (Å²) in [6.45, 7) is 5.64. The second-order valence-corrected chi connectivity index (χ2v) is 5.81. The maximum atomic E-state index is 10.6. The van der Waals surface area contributed by atoms with Crippen molar-refractivity contribution >= 4 is 17.7 Å². The normalized spacial score (nSPS) is 17.7. The Hall–Kier alpha value is -1.01. The lowest BCUT2D eigenvalue weighted by Crippen LogP contribution is -2.35. The molecule has 0 unspecified atom stereocenters. The molecule has 0 spiro atoms. The van der Waals surface area contributed by atoms with Gasteiger partial charge in [0.1, 0.15) is 0 Å². The minimum Gasteiger partial charge on any atom is -0.481 e. The van der Waals surface area contributed by atoms with E-state index >= 15 is 0 Å². The molecule has 1 saturated heterocycles. The van der Waals surface area contributed by atoms with Crippen LogP contribution in [0.15, 0.2) is 17.6 Å². The lowest BCUT2D eigenvalue weighted by Gasteiger charge is -2.32. The Kier molecular flexibility index (Phi) is 5.27. The Morgan fingerprint density at radius 1 is 1.53 bits per heavy atom. The molecule has 6 heteroatoms. The summed E-state index contributed by atoms with van der Waals surface area (Å²) in [6, 6.07) is 0.465. The van der Waals surface area contributed by atoms with Crippen LogP contribution in [-0.4, -0.2) is 50.9 Å². The largest absolute Gasteiger partial charge is 0.481 e. The molecule has 1 N–H and O–H groups in total. The van der Waals surface area contributed by atoms with Gasteiger partial charge < -0.3 is 14.6 Å². The van der Waals surface area contributed by atoms with Crippen molar-refractivity contribution in [2.75, 3.05) is 25.4 Å². The lowest BCUT2D eigenvalue weighted by molar-refractivity contribution is -0.133. The molecular formula is C13H21N3O2S. The molecule has 1 aliphatic rings. The first-order chi connectivity index (χ1) is 9.20. The van der Waals surface area contributed by atoms with E-state index in [4.69, 9.17) is 5.11 Å². The number of nitrogens with zero attached hydrogens (tertiary/aromatic N) is 3. The van der Waals surface area contributed by atoms with Crippen molar-refractivity contribution in [3.05, 3.63) is 12.4 Å². The van der Waals surface area contributed by atoms with Crippen molar-refractivity contribution in [3.63, 3.8) is 0 Å². The van der Waals surface area contributed by atoms with E-state index in [9.17, 15) is 4.79 Å². The predicted molar refractivity (Wildman–Crippen MR) is 75.6 cm³/mol. The van der Waals surface area contributed by atoms with E-state index in [0.717, 1.165) is 31.1 Å². The van der Waals surface area contributed by atoms with Crippen LogP contribution in [0, 0.1) is 0 Å². The molecule has 1 aromatic rings. The highest BCUT2D eigenvalue weighted by molar-refractivity contribution is 7.99. The standard InChI is InChI=1S/C13H21N3O2S/c1-2-6-15-7-3-11(4-8-15)16-9-5-14-13(16)19-10-12(17)18/h5,9,11H,2-4,6-8,10H2,1H3,(H,17,18). The molecule has 1 aliphatic heterocycles. The molecule has 19 heavy (non-hydrogen) atoms. The summed E-state index contributed by atoms with van der Waals surface area (Å²) in [6.07, 6.45) is 7.19. The molecule has 0 atom stereocenters. The Morgan fingerprint density at radius 3 is 2.89 bits per heavy atom. The van der Waals surface area contributed by atoms with Gasteiger partial charge in [0.2, 0.25) is 0 Å². The third kappa shape index (κ3) is 3.98. The summed E-state index contributed by atoms with van der Waals surface area (Å²) in [5.41, 5.74) is 0. The van der Waals surface area contributed by atoms with Crippen LogP contribution in [0.4, 0.5) is 0 Å². The van der Waals surface area contributed by atoms with Crippen molar-refractivity contribution in [2.24, 2.45) is 0 Å². The number of rotatable bonds is 6. The Morgan fingerprint density at radius 2 is 2.26 bits per heavy atom. The van der Waals surface area contributed by atoms with Gasteiger partial charge in [-0.05, 0) is 25.8 Å². The van der Waals surface area contributed by atoms with Crippen LogP contribution in [0.1, 0.15) is 32.2 Å². The number of hydrogen-bond donors (Lipinski definition) is 1. The van der Waals surface area contributed by atoms with Crippen LogP contribution in [0.2, 0.25) is 0 Å². The number of piperidine rings is 1. The summed E-state index contributed by atoms with van der Waals surface area (Å²) in [7, 11) is 0. The maximum Gasteiger partial charge on any atom is 0.313 e. The van der Waals surface area contributed by atoms with Crippen molar-refractivity contribution in [1.29, 1.82) is 0 Å². The SMILES string of the molecule is CCCN1CCC(n2ccnc2SCC(=O)O)CC1. The van der Waals surface area contributed by atoms with Gasteiger partial charge in [-0.2, -0.15) is 0 Å². The second-order valence-electron chi connectivity index (χ2n) is 4.87. The summed E-state index contributed by atoms with van der Waals surface area (Å²) in [4.78, 5) is 17.4. The average Bonchev–Trinajstić information content (AvgIpc) is 2.86. The van der Waals surface area contributed by atoms with Gasteiger partial charge in [0, 0.05) is 31.5 Å². The monoisotopic (exact) mass is 283 g/mol. The molecule has 2 heterocycles. The molecule has 5 nitrogen and oxygen atoms in total. The molecular weight excluding hydrogens is 262 g/mol. The summed E-state index contributed by atoms with van der Waals surface area (Å²) < 4.78 is 2.15. The average molecular weight is 283 g/mol. The Bertz CT molecular complexity index is 414. The number of hydrogen-bond acceptors (Lipinski definition) is 4. The van der Waals surface area contributed by atoms with Crippen molar-refractivity contribution in [3.8, 4) is 0 Å². The first kappa shape index (κ1) is 14.4. The molecule has 0 radical (unpaired) electrons. The highest BCUT2D eigenvalue weighted by atomic mass is 32.2. The minimum atomic E-state index is -0.794. The molecule has 0 amide bonds. The molecule has 0 aliphatic carbocycles. The van der Waals surface area contributed by atoms with Crippen LogP contribution in [-0.2, 0) is 4.79 Å². The molecule has 0 saturated carbocycles. The number of likely N-dealkylation sites (tertiary alicyclic amines) is 1. The van der Waals surface area contributed by atoms with E-state index in [0.29, 0.717) is 6.04 Å². The number of imidazole rings is 1. The topological polar surface area (TPSA) is 58.4 Å². The van der Waals surface area contributed by atoms with Crippen LogP contribution < -0.4 is 0 Å². The Labute approximate surface area is 118 Å². The van der Waals surface area contributed by atoms with Crippen LogP contribution in [0.3, 0.4) is 0 Å². The fourth-order valence-corrected chi connectivity index (χ4v) is 3.30. The third-order valence-corrected chi connectivity index (χ3v) is 4.41. The quantitative estimate of drug-likeness (QED) is 0.810. The number of aromatic nitrogens is 2. The van der Waals surface area contributed by atoms with Crippen molar-refractivity contribution < 1.29 is 9.90 Å². The van der Waals surface area contributed by atoms with E-state index in [2.05, 4.69) is 21.4 Å². The second kappa shape index (κ2) is 6.96. The van der Waals surface area contributed by atoms with E-state index < -0.39 is 5.97 Å².